The standard InChI is InChI=1S/C26H36FNO/c1-2-3-4-20-5-11-23(12-6-20)24-13-7-22(8-14-24)19-29-26-15-9-21(10-16-26)17-25(27)18-28/h5-6,11-12,17,21-22,24,26H,2-4,7-10,13-16,19H2,1H3/t21-,22-,24-,26-. The van der Waals surface area contributed by atoms with Gasteiger partial charge in [0.2, 0.25) is 0 Å². The van der Waals surface area contributed by atoms with Crippen molar-refractivity contribution in [3.63, 3.8) is 0 Å². The number of hydrogen-bond donors (Lipinski definition) is 0. The van der Waals surface area contributed by atoms with E-state index in [1.807, 2.05) is 0 Å². The van der Waals surface area contributed by atoms with Crippen molar-refractivity contribution in [1.82, 2.24) is 0 Å². The Morgan fingerprint density at radius 1 is 1.07 bits per heavy atom. The van der Waals surface area contributed by atoms with E-state index >= 15 is 0 Å². The molecule has 1 aromatic carbocycles. The summed E-state index contributed by atoms with van der Waals surface area (Å²) in [6.07, 6.45) is 14.4. The van der Waals surface area contributed by atoms with E-state index < -0.39 is 5.83 Å². The van der Waals surface area contributed by atoms with Crippen molar-refractivity contribution >= 4 is 0 Å². The molecule has 3 heteroatoms. The number of benzene rings is 1. The van der Waals surface area contributed by atoms with Crippen LogP contribution < -0.4 is 0 Å². The highest BCUT2D eigenvalue weighted by Gasteiger charge is 2.25. The van der Waals surface area contributed by atoms with E-state index in [0.29, 0.717) is 17.9 Å². The Hall–Kier alpha value is -1.66. The number of halogens is 1. The second kappa shape index (κ2) is 11.5. The molecular weight excluding hydrogens is 361 g/mol. The SMILES string of the molecule is CCCCc1ccc([C@H]2CC[C@H](CO[C@H]3CC[C@H](C=C(F)C#N)CC3)CC2)cc1. The first-order valence-corrected chi connectivity index (χ1v) is 11.7. The highest BCUT2D eigenvalue weighted by Crippen LogP contribution is 2.37. The van der Waals surface area contributed by atoms with Crippen LogP contribution in [0.4, 0.5) is 4.39 Å². The maximum Gasteiger partial charge on any atom is 0.196 e. The molecule has 2 nitrogen and oxygen atoms in total. The van der Waals surface area contributed by atoms with E-state index in [4.69, 9.17) is 10.00 Å². The number of aryl methyl sites for hydroxylation is 1. The highest BCUT2D eigenvalue weighted by molar-refractivity contribution is 5.26. The monoisotopic (exact) mass is 397 g/mol. The van der Waals surface area contributed by atoms with Crippen molar-refractivity contribution in [2.24, 2.45) is 11.8 Å². The van der Waals surface area contributed by atoms with Crippen LogP contribution in [0.5, 0.6) is 0 Å². The molecule has 2 saturated carbocycles. The Labute approximate surface area is 176 Å². The van der Waals surface area contributed by atoms with E-state index in [1.54, 1.807) is 6.07 Å². The van der Waals surface area contributed by atoms with Crippen LogP contribution >= 0.6 is 0 Å². The van der Waals surface area contributed by atoms with Crippen LogP contribution in [-0.4, -0.2) is 12.7 Å². The van der Waals surface area contributed by atoms with E-state index in [9.17, 15) is 4.39 Å². The summed E-state index contributed by atoms with van der Waals surface area (Å²) >= 11 is 0. The number of ether oxygens (including phenoxy) is 1. The first kappa shape index (κ1) is 22.0. The van der Waals surface area contributed by atoms with Crippen molar-refractivity contribution in [2.75, 3.05) is 6.61 Å². The summed E-state index contributed by atoms with van der Waals surface area (Å²) < 4.78 is 19.3. The molecule has 3 rings (SSSR count). The summed E-state index contributed by atoms with van der Waals surface area (Å²) in [7, 11) is 0. The van der Waals surface area contributed by atoms with E-state index in [0.717, 1.165) is 32.3 Å². The van der Waals surface area contributed by atoms with Gasteiger partial charge in [0.15, 0.2) is 5.83 Å². The van der Waals surface area contributed by atoms with Gasteiger partial charge in [-0.15, -0.1) is 0 Å². The fourth-order valence-electron chi connectivity index (χ4n) is 4.94. The number of unbranched alkanes of at least 4 members (excludes halogenated alkanes) is 1. The van der Waals surface area contributed by atoms with E-state index in [2.05, 4.69) is 31.2 Å². The summed E-state index contributed by atoms with van der Waals surface area (Å²) in [5.74, 6) is 0.965. The molecular formula is C26H36FNO. The lowest BCUT2D eigenvalue weighted by atomic mass is 9.78. The fourth-order valence-corrected chi connectivity index (χ4v) is 4.94. The molecule has 1 aromatic rings. The minimum absolute atomic E-state index is 0.207. The molecule has 2 fully saturated rings. The Morgan fingerprint density at radius 3 is 2.38 bits per heavy atom. The number of allylic oxidation sites excluding steroid dienone is 2. The molecule has 0 heterocycles. The van der Waals surface area contributed by atoms with Gasteiger partial charge >= 0.3 is 0 Å². The maximum absolute atomic E-state index is 13.1. The molecule has 0 atom stereocenters. The van der Waals surface area contributed by atoms with Gasteiger partial charge in [0.1, 0.15) is 6.07 Å². The third-order valence-electron chi connectivity index (χ3n) is 6.89. The van der Waals surface area contributed by atoms with Crippen molar-refractivity contribution in [3.05, 3.63) is 47.3 Å². The summed E-state index contributed by atoms with van der Waals surface area (Å²) in [5.41, 5.74) is 2.99. The lowest BCUT2D eigenvalue weighted by Crippen LogP contribution is -2.25. The second-order valence-corrected chi connectivity index (χ2v) is 9.06. The van der Waals surface area contributed by atoms with Gasteiger partial charge in [0, 0.05) is 6.61 Å². The number of hydrogen-bond acceptors (Lipinski definition) is 2. The summed E-state index contributed by atoms with van der Waals surface area (Å²) in [4.78, 5) is 0. The zero-order valence-electron chi connectivity index (χ0n) is 17.9. The zero-order valence-corrected chi connectivity index (χ0v) is 17.9. The van der Waals surface area contributed by atoms with Gasteiger partial charge < -0.3 is 4.74 Å². The van der Waals surface area contributed by atoms with Crippen molar-refractivity contribution in [3.8, 4) is 6.07 Å². The van der Waals surface area contributed by atoms with Crippen LogP contribution in [-0.2, 0) is 11.2 Å². The summed E-state index contributed by atoms with van der Waals surface area (Å²) in [6.45, 7) is 3.12. The number of rotatable bonds is 8. The zero-order chi connectivity index (χ0) is 20.5. The van der Waals surface area contributed by atoms with Gasteiger partial charge in [-0.25, -0.2) is 0 Å². The van der Waals surface area contributed by atoms with Crippen molar-refractivity contribution < 1.29 is 9.13 Å². The second-order valence-electron chi connectivity index (χ2n) is 9.06. The lowest BCUT2D eigenvalue weighted by Gasteiger charge is -2.32. The van der Waals surface area contributed by atoms with Crippen molar-refractivity contribution in [1.29, 1.82) is 5.26 Å². The molecule has 0 bridgehead atoms. The van der Waals surface area contributed by atoms with Crippen LogP contribution in [0.15, 0.2) is 36.2 Å². The van der Waals surface area contributed by atoms with E-state index in [-0.39, 0.29) is 5.92 Å². The first-order valence-electron chi connectivity index (χ1n) is 11.7. The van der Waals surface area contributed by atoms with Gasteiger partial charge in [0.25, 0.3) is 0 Å². The molecule has 2 aliphatic rings. The van der Waals surface area contributed by atoms with Crippen LogP contribution in [0.3, 0.4) is 0 Å². The quantitative estimate of drug-likeness (QED) is 0.433. The lowest BCUT2D eigenvalue weighted by molar-refractivity contribution is -0.00465. The summed E-state index contributed by atoms with van der Waals surface area (Å²) in [6, 6.07) is 10.9. The van der Waals surface area contributed by atoms with Gasteiger partial charge in [-0.05, 0) is 99.2 Å². The minimum Gasteiger partial charge on any atom is -0.378 e. The first-order chi connectivity index (χ1) is 14.2. The minimum atomic E-state index is -0.637. The molecule has 0 saturated heterocycles. The van der Waals surface area contributed by atoms with Gasteiger partial charge in [-0.1, -0.05) is 37.6 Å². The number of nitrogens with zero attached hydrogens (tertiary/aromatic N) is 1. The molecule has 0 unspecified atom stereocenters. The predicted molar refractivity (Wildman–Crippen MR) is 116 cm³/mol. The molecule has 158 valence electrons. The Bertz CT molecular complexity index is 674. The maximum atomic E-state index is 13.1. The Kier molecular flexibility index (Phi) is 8.74. The highest BCUT2D eigenvalue weighted by atomic mass is 19.1. The van der Waals surface area contributed by atoms with Crippen LogP contribution in [0.1, 0.15) is 88.2 Å². The molecule has 29 heavy (non-hydrogen) atoms. The average Bonchev–Trinajstić information content (AvgIpc) is 2.78. The van der Waals surface area contributed by atoms with Gasteiger partial charge in [-0.3, -0.25) is 0 Å². The van der Waals surface area contributed by atoms with E-state index in [1.165, 1.54) is 62.1 Å². The Balaban J connectivity index is 1.35. The third kappa shape index (κ3) is 6.96. The average molecular weight is 398 g/mol. The van der Waals surface area contributed by atoms with Crippen LogP contribution in [0.2, 0.25) is 0 Å². The number of nitriles is 1. The van der Waals surface area contributed by atoms with Crippen LogP contribution in [0, 0.1) is 23.2 Å². The molecule has 0 aliphatic heterocycles. The normalized spacial score (nSPS) is 28.1. The molecule has 2 aliphatic carbocycles. The van der Waals surface area contributed by atoms with Gasteiger partial charge in [-0.2, -0.15) is 9.65 Å². The molecule has 0 amide bonds. The molecule has 0 N–H and O–H groups in total. The molecule has 0 aromatic heterocycles. The van der Waals surface area contributed by atoms with Crippen LogP contribution in [0.25, 0.3) is 0 Å². The topological polar surface area (TPSA) is 33.0 Å². The fraction of sp³-hybridized carbons (Fsp3) is 0.654. The largest absolute Gasteiger partial charge is 0.378 e. The molecule has 0 radical (unpaired) electrons. The smallest absolute Gasteiger partial charge is 0.196 e. The summed E-state index contributed by atoms with van der Waals surface area (Å²) in [5, 5.41) is 8.56. The Morgan fingerprint density at radius 2 is 1.76 bits per heavy atom. The predicted octanol–water partition coefficient (Wildman–Crippen LogP) is 7.26. The van der Waals surface area contributed by atoms with Gasteiger partial charge in [0.05, 0.1) is 6.10 Å². The molecule has 0 spiro atoms. The third-order valence-corrected chi connectivity index (χ3v) is 6.89. The van der Waals surface area contributed by atoms with Crippen molar-refractivity contribution in [2.45, 2.75) is 89.6 Å².